The first-order valence-corrected chi connectivity index (χ1v) is 13.2. The van der Waals surface area contributed by atoms with Crippen LogP contribution in [0.3, 0.4) is 0 Å². The van der Waals surface area contributed by atoms with Crippen LogP contribution in [0.5, 0.6) is 0 Å². The first-order chi connectivity index (χ1) is 16.7. The van der Waals surface area contributed by atoms with E-state index in [1.54, 1.807) is 36.4 Å². The molecule has 0 aromatic heterocycles. The Hall–Kier alpha value is -3.36. The number of aromatic carboxylic acids is 1. The van der Waals surface area contributed by atoms with Crippen LogP contribution in [-0.2, 0) is 14.8 Å². The number of hydrogen-bond acceptors (Lipinski definition) is 5. The van der Waals surface area contributed by atoms with Gasteiger partial charge in [0.1, 0.15) is 0 Å². The standard InChI is InChI=1S/C27H28N2O5S/c1-16-5-10-20(14-17(16)2)29-35(32,33)21-11-12-24-23(15-21)26-22(4-3-13-34-26)25(28-24)18-6-8-19(9-7-18)27(30)31/h5-12,14-15,22,25-26,28-29H,3-4,13H2,1-2H3,(H,30,31)/t22-,25?,26-/m0/s1. The van der Waals surface area contributed by atoms with Crippen LogP contribution in [0, 0.1) is 19.8 Å². The van der Waals surface area contributed by atoms with Gasteiger partial charge < -0.3 is 15.2 Å². The number of sulfonamides is 1. The molecule has 35 heavy (non-hydrogen) atoms. The second-order valence-corrected chi connectivity index (χ2v) is 11.0. The van der Waals surface area contributed by atoms with Crippen LogP contribution < -0.4 is 10.0 Å². The van der Waals surface area contributed by atoms with Crippen molar-refractivity contribution in [2.45, 2.75) is 43.7 Å². The van der Waals surface area contributed by atoms with Gasteiger partial charge in [-0.2, -0.15) is 0 Å². The lowest BCUT2D eigenvalue weighted by Gasteiger charge is -2.43. The van der Waals surface area contributed by atoms with E-state index in [-0.39, 0.29) is 28.5 Å². The molecule has 2 heterocycles. The molecule has 1 saturated heterocycles. The fourth-order valence-corrected chi connectivity index (χ4v) is 6.08. The second-order valence-electron chi connectivity index (χ2n) is 9.30. The average Bonchev–Trinajstić information content (AvgIpc) is 2.85. The fraction of sp³-hybridized carbons (Fsp3) is 0.296. The molecular formula is C27H28N2O5S. The van der Waals surface area contributed by atoms with Gasteiger partial charge in [-0.05, 0) is 85.8 Å². The zero-order valence-corrected chi connectivity index (χ0v) is 20.4. The summed E-state index contributed by atoms with van der Waals surface area (Å²) in [5.74, 6) is -0.863. The number of anilines is 2. The van der Waals surface area contributed by atoms with Gasteiger partial charge in [0.2, 0.25) is 0 Å². The van der Waals surface area contributed by atoms with Crippen molar-refractivity contribution in [3.8, 4) is 0 Å². The van der Waals surface area contributed by atoms with Crippen molar-refractivity contribution in [2.75, 3.05) is 16.6 Å². The first kappa shape index (κ1) is 23.4. The van der Waals surface area contributed by atoms with Gasteiger partial charge in [0.05, 0.1) is 22.6 Å². The molecule has 7 nitrogen and oxygen atoms in total. The molecule has 5 rings (SSSR count). The van der Waals surface area contributed by atoms with E-state index < -0.39 is 16.0 Å². The zero-order chi connectivity index (χ0) is 24.7. The Morgan fingerprint density at radius 1 is 1.03 bits per heavy atom. The van der Waals surface area contributed by atoms with Crippen LogP contribution >= 0.6 is 0 Å². The van der Waals surface area contributed by atoms with E-state index in [2.05, 4.69) is 10.0 Å². The molecular weight excluding hydrogens is 464 g/mol. The predicted octanol–water partition coefficient (Wildman–Crippen LogP) is 5.44. The highest BCUT2D eigenvalue weighted by Crippen LogP contribution is 2.49. The van der Waals surface area contributed by atoms with Crippen LogP contribution in [0.1, 0.15) is 57.6 Å². The summed E-state index contributed by atoms with van der Waals surface area (Å²) in [5.41, 5.74) is 5.52. The molecule has 1 unspecified atom stereocenters. The average molecular weight is 493 g/mol. The molecule has 0 radical (unpaired) electrons. The van der Waals surface area contributed by atoms with E-state index in [0.717, 1.165) is 40.8 Å². The van der Waals surface area contributed by atoms with Crippen molar-refractivity contribution in [3.05, 3.63) is 88.5 Å². The Morgan fingerprint density at radius 3 is 2.51 bits per heavy atom. The molecule has 8 heteroatoms. The van der Waals surface area contributed by atoms with Crippen molar-refractivity contribution in [3.63, 3.8) is 0 Å². The summed E-state index contributed by atoms with van der Waals surface area (Å²) in [4.78, 5) is 11.4. The van der Waals surface area contributed by atoms with Gasteiger partial charge in [0, 0.05) is 29.5 Å². The number of carboxylic acid groups (broad SMARTS) is 1. The number of carbonyl (C=O) groups is 1. The van der Waals surface area contributed by atoms with Gasteiger partial charge in [-0.3, -0.25) is 4.72 Å². The topological polar surface area (TPSA) is 105 Å². The summed E-state index contributed by atoms with van der Waals surface area (Å²) in [6, 6.07) is 17.4. The van der Waals surface area contributed by atoms with Gasteiger partial charge in [0.15, 0.2) is 0 Å². The minimum atomic E-state index is -3.78. The van der Waals surface area contributed by atoms with Gasteiger partial charge >= 0.3 is 5.97 Å². The summed E-state index contributed by atoms with van der Waals surface area (Å²) in [6.07, 6.45) is 1.58. The van der Waals surface area contributed by atoms with Gasteiger partial charge in [-0.1, -0.05) is 18.2 Å². The van der Waals surface area contributed by atoms with E-state index in [0.29, 0.717) is 12.3 Å². The molecule has 0 spiro atoms. The Labute approximate surface area is 205 Å². The number of nitrogens with one attached hydrogen (secondary N) is 2. The molecule has 182 valence electrons. The molecule has 0 amide bonds. The van der Waals surface area contributed by atoms with Crippen LogP contribution in [0.2, 0.25) is 0 Å². The Balaban J connectivity index is 1.47. The summed E-state index contributed by atoms with van der Waals surface area (Å²) in [5, 5.41) is 12.8. The number of benzene rings is 3. The molecule has 1 fully saturated rings. The minimum absolute atomic E-state index is 0.0632. The van der Waals surface area contributed by atoms with Gasteiger partial charge in [-0.15, -0.1) is 0 Å². The molecule has 3 aromatic rings. The van der Waals surface area contributed by atoms with Gasteiger partial charge in [-0.25, -0.2) is 13.2 Å². The largest absolute Gasteiger partial charge is 0.478 e. The molecule has 2 aliphatic rings. The van der Waals surface area contributed by atoms with E-state index in [1.165, 1.54) is 0 Å². The maximum Gasteiger partial charge on any atom is 0.335 e. The van der Waals surface area contributed by atoms with Crippen molar-refractivity contribution in [2.24, 2.45) is 5.92 Å². The van der Waals surface area contributed by atoms with Crippen LogP contribution in [0.4, 0.5) is 11.4 Å². The maximum absolute atomic E-state index is 13.2. The van der Waals surface area contributed by atoms with Crippen molar-refractivity contribution in [1.82, 2.24) is 0 Å². The number of carboxylic acids is 1. The Bertz CT molecular complexity index is 1390. The minimum Gasteiger partial charge on any atom is -0.478 e. The third-order valence-electron chi connectivity index (χ3n) is 7.02. The van der Waals surface area contributed by atoms with Crippen molar-refractivity contribution < 1.29 is 23.1 Å². The highest BCUT2D eigenvalue weighted by Gasteiger charge is 2.40. The summed E-state index contributed by atoms with van der Waals surface area (Å²) >= 11 is 0. The van der Waals surface area contributed by atoms with Crippen LogP contribution in [0.25, 0.3) is 0 Å². The zero-order valence-electron chi connectivity index (χ0n) is 19.6. The number of ether oxygens (including phenoxy) is 1. The highest BCUT2D eigenvalue weighted by molar-refractivity contribution is 7.92. The van der Waals surface area contributed by atoms with Crippen LogP contribution in [-0.4, -0.2) is 26.1 Å². The van der Waals surface area contributed by atoms with Gasteiger partial charge in [0.25, 0.3) is 10.0 Å². The van der Waals surface area contributed by atoms with Crippen molar-refractivity contribution >= 4 is 27.4 Å². The molecule has 0 saturated carbocycles. The van der Waals surface area contributed by atoms with E-state index in [9.17, 15) is 18.3 Å². The lowest BCUT2D eigenvalue weighted by atomic mass is 9.77. The van der Waals surface area contributed by atoms with Crippen LogP contribution in [0.15, 0.2) is 65.6 Å². The lowest BCUT2D eigenvalue weighted by Crippen LogP contribution is -2.36. The highest BCUT2D eigenvalue weighted by atomic mass is 32.2. The molecule has 0 bridgehead atoms. The van der Waals surface area contributed by atoms with E-state index >= 15 is 0 Å². The second kappa shape index (κ2) is 9.02. The lowest BCUT2D eigenvalue weighted by molar-refractivity contribution is -0.0382. The Morgan fingerprint density at radius 2 is 1.80 bits per heavy atom. The molecule has 3 N–H and O–H groups in total. The maximum atomic E-state index is 13.2. The first-order valence-electron chi connectivity index (χ1n) is 11.7. The smallest absolute Gasteiger partial charge is 0.335 e. The summed E-state index contributed by atoms with van der Waals surface area (Å²) in [6.45, 7) is 4.55. The molecule has 3 atom stereocenters. The predicted molar refractivity (Wildman–Crippen MR) is 134 cm³/mol. The fourth-order valence-electron chi connectivity index (χ4n) is 5.00. The number of aryl methyl sites for hydroxylation is 2. The number of fused-ring (bicyclic) bond motifs is 3. The van der Waals surface area contributed by atoms with E-state index in [4.69, 9.17) is 4.74 Å². The SMILES string of the molecule is Cc1ccc(NS(=O)(=O)c2ccc3c(c2)[C@H]2OCCC[C@H]2C(c2ccc(C(=O)O)cc2)N3)cc1C. The molecule has 0 aliphatic carbocycles. The van der Waals surface area contributed by atoms with Crippen molar-refractivity contribution in [1.29, 1.82) is 0 Å². The summed E-state index contributed by atoms with van der Waals surface area (Å²) in [7, 11) is -3.78. The molecule has 2 aliphatic heterocycles. The number of hydrogen-bond donors (Lipinski definition) is 3. The third kappa shape index (κ3) is 4.51. The number of rotatable bonds is 5. The monoisotopic (exact) mass is 492 g/mol. The summed E-state index contributed by atoms with van der Waals surface area (Å²) < 4.78 is 35.3. The normalized spacial score (nSPS) is 21.4. The quantitative estimate of drug-likeness (QED) is 0.438. The van der Waals surface area contributed by atoms with E-state index in [1.807, 2.05) is 38.1 Å². The third-order valence-corrected chi connectivity index (χ3v) is 8.40. The Kier molecular flexibility index (Phi) is 6.02. The molecule has 3 aromatic carbocycles.